The Hall–Kier alpha value is -4.37. The minimum absolute atomic E-state index is 0.0526. The average molecular weight is 451 g/mol. The highest BCUT2D eigenvalue weighted by molar-refractivity contribution is 6.15. The van der Waals surface area contributed by atoms with E-state index >= 15 is 0 Å². The van der Waals surface area contributed by atoms with Crippen molar-refractivity contribution in [1.82, 2.24) is 9.55 Å². The van der Waals surface area contributed by atoms with Crippen LogP contribution in [0.25, 0.3) is 60.8 Å². The van der Waals surface area contributed by atoms with Gasteiger partial charge in [0, 0.05) is 16.2 Å². The predicted octanol–water partition coefficient (Wildman–Crippen LogP) is 8.38. The molecule has 0 amide bonds. The van der Waals surface area contributed by atoms with Crippen molar-refractivity contribution < 1.29 is 4.42 Å². The third kappa shape index (κ3) is 2.42. The maximum Gasteiger partial charge on any atom is 0.307 e. The molecule has 166 valence electrons. The Morgan fingerprint density at radius 3 is 2.20 bits per heavy atom. The van der Waals surface area contributed by atoms with Gasteiger partial charge in [-0.2, -0.15) is 4.98 Å². The summed E-state index contributed by atoms with van der Waals surface area (Å²) in [5, 5.41) is 4.89. The molecular formula is C32H22N2O. The molecule has 2 heterocycles. The number of para-hydroxylation sites is 2. The molecule has 0 bridgehead atoms. The Kier molecular flexibility index (Phi) is 3.47. The van der Waals surface area contributed by atoms with E-state index in [-0.39, 0.29) is 5.41 Å². The zero-order valence-electron chi connectivity index (χ0n) is 19.5. The SMILES string of the molecule is CC1(C)c2ccccc2-c2cc3c(cc21)c1cc2ccccc2cc1n3-c1nc2ccccc2o1. The smallest absolute Gasteiger partial charge is 0.307 e. The van der Waals surface area contributed by atoms with E-state index in [4.69, 9.17) is 9.40 Å². The van der Waals surface area contributed by atoms with Gasteiger partial charge >= 0.3 is 6.01 Å². The molecule has 35 heavy (non-hydrogen) atoms. The van der Waals surface area contributed by atoms with E-state index in [0.29, 0.717) is 6.01 Å². The number of benzene rings is 5. The highest BCUT2D eigenvalue weighted by Crippen LogP contribution is 2.51. The van der Waals surface area contributed by atoms with Crippen LogP contribution < -0.4 is 0 Å². The van der Waals surface area contributed by atoms with Crippen molar-refractivity contribution >= 4 is 43.7 Å². The summed E-state index contributed by atoms with van der Waals surface area (Å²) >= 11 is 0. The van der Waals surface area contributed by atoms with Crippen molar-refractivity contribution in [2.75, 3.05) is 0 Å². The lowest BCUT2D eigenvalue weighted by Gasteiger charge is -2.21. The summed E-state index contributed by atoms with van der Waals surface area (Å²) in [5.41, 5.74) is 9.20. The van der Waals surface area contributed by atoms with Crippen LogP contribution in [-0.4, -0.2) is 9.55 Å². The lowest BCUT2D eigenvalue weighted by Crippen LogP contribution is -2.14. The fraction of sp³-hybridized carbons (Fsp3) is 0.0938. The van der Waals surface area contributed by atoms with Crippen molar-refractivity contribution in [2.24, 2.45) is 0 Å². The summed E-state index contributed by atoms with van der Waals surface area (Å²) in [6, 6.07) is 35.2. The first kappa shape index (κ1) is 19.0. The molecule has 8 rings (SSSR count). The minimum Gasteiger partial charge on any atom is -0.423 e. The number of rotatable bonds is 1. The van der Waals surface area contributed by atoms with E-state index in [9.17, 15) is 0 Å². The molecule has 2 aromatic heterocycles. The molecule has 1 aliphatic carbocycles. The van der Waals surface area contributed by atoms with Gasteiger partial charge in [-0.15, -0.1) is 0 Å². The molecule has 0 fully saturated rings. The maximum atomic E-state index is 6.32. The van der Waals surface area contributed by atoms with E-state index in [0.717, 1.165) is 22.1 Å². The number of hydrogen-bond donors (Lipinski definition) is 0. The quantitative estimate of drug-likeness (QED) is 0.251. The molecule has 5 aromatic carbocycles. The van der Waals surface area contributed by atoms with Gasteiger partial charge in [0.15, 0.2) is 5.58 Å². The fourth-order valence-corrected chi connectivity index (χ4v) is 6.06. The number of fused-ring (bicyclic) bond motifs is 8. The van der Waals surface area contributed by atoms with Gasteiger partial charge in [0.25, 0.3) is 0 Å². The first-order valence-electron chi connectivity index (χ1n) is 12.1. The van der Waals surface area contributed by atoms with Crippen LogP contribution in [0.15, 0.2) is 101 Å². The third-order valence-electron chi connectivity index (χ3n) is 7.81. The largest absolute Gasteiger partial charge is 0.423 e. The first-order chi connectivity index (χ1) is 17.1. The Morgan fingerprint density at radius 2 is 1.34 bits per heavy atom. The molecule has 0 unspecified atom stereocenters. The normalized spacial score (nSPS) is 14.2. The zero-order chi connectivity index (χ0) is 23.3. The van der Waals surface area contributed by atoms with Gasteiger partial charge in [0.1, 0.15) is 5.52 Å². The monoisotopic (exact) mass is 450 g/mol. The van der Waals surface area contributed by atoms with E-state index in [1.54, 1.807) is 0 Å². The van der Waals surface area contributed by atoms with Gasteiger partial charge in [-0.05, 0) is 69.4 Å². The van der Waals surface area contributed by atoms with Gasteiger partial charge in [0.05, 0.1) is 11.0 Å². The summed E-state index contributed by atoms with van der Waals surface area (Å²) in [7, 11) is 0. The van der Waals surface area contributed by atoms with Crippen LogP contribution in [0, 0.1) is 0 Å². The highest BCUT2D eigenvalue weighted by Gasteiger charge is 2.36. The van der Waals surface area contributed by atoms with E-state index in [1.807, 2.05) is 24.3 Å². The number of oxazole rings is 1. The molecule has 0 aliphatic heterocycles. The number of hydrogen-bond acceptors (Lipinski definition) is 2. The molecule has 0 saturated heterocycles. The summed E-state index contributed by atoms with van der Waals surface area (Å²) in [4.78, 5) is 4.90. The molecule has 0 spiro atoms. The molecule has 0 atom stereocenters. The molecule has 3 nitrogen and oxygen atoms in total. The molecule has 7 aromatic rings. The second-order valence-corrected chi connectivity index (χ2v) is 10.1. The van der Waals surface area contributed by atoms with Crippen LogP contribution in [-0.2, 0) is 5.41 Å². The lowest BCUT2D eigenvalue weighted by atomic mass is 9.82. The Balaban J connectivity index is 1.56. The topological polar surface area (TPSA) is 31.0 Å². The minimum atomic E-state index is -0.0526. The second kappa shape index (κ2) is 6.39. The van der Waals surface area contributed by atoms with Gasteiger partial charge < -0.3 is 4.42 Å². The van der Waals surface area contributed by atoms with Gasteiger partial charge in [-0.3, -0.25) is 4.57 Å². The molecule has 0 saturated carbocycles. The molecular weight excluding hydrogens is 428 g/mol. The van der Waals surface area contributed by atoms with Crippen molar-refractivity contribution in [2.45, 2.75) is 19.3 Å². The molecule has 0 N–H and O–H groups in total. The van der Waals surface area contributed by atoms with Crippen LogP contribution in [0.1, 0.15) is 25.0 Å². The van der Waals surface area contributed by atoms with Crippen molar-refractivity contribution in [3.05, 3.63) is 108 Å². The Bertz CT molecular complexity index is 1950. The van der Waals surface area contributed by atoms with Gasteiger partial charge in [0.2, 0.25) is 0 Å². The average Bonchev–Trinajstić information content (AvgIpc) is 3.50. The van der Waals surface area contributed by atoms with Crippen LogP contribution in [0.4, 0.5) is 0 Å². The van der Waals surface area contributed by atoms with Crippen molar-refractivity contribution in [3.63, 3.8) is 0 Å². The van der Waals surface area contributed by atoms with Crippen LogP contribution in [0.2, 0.25) is 0 Å². The van der Waals surface area contributed by atoms with E-state index in [2.05, 4.69) is 91.2 Å². The van der Waals surface area contributed by atoms with Gasteiger partial charge in [-0.1, -0.05) is 74.5 Å². The predicted molar refractivity (Wildman–Crippen MR) is 143 cm³/mol. The van der Waals surface area contributed by atoms with Crippen molar-refractivity contribution in [3.8, 4) is 17.1 Å². The van der Waals surface area contributed by atoms with E-state index in [1.165, 1.54) is 43.8 Å². The van der Waals surface area contributed by atoms with Crippen LogP contribution >= 0.6 is 0 Å². The summed E-state index contributed by atoms with van der Waals surface area (Å²) in [6.45, 7) is 4.66. The first-order valence-corrected chi connectivity index (χ1v) is 12.1. The standard InChI is InChI=1S/C32H22N2O/c1-32(2)25-12-6-5-11-21(25)22-18-29-24(17-26(22)32)23-15-19-9-3-4-10-20(19)16-28(23)34(29)31-33-27-13-7-8-14-30(27)35-31/h3-18H,1-2H3. The van der Waals surface area contributed by atoms with E-state index < -0.39 is 0 Å². The Morgan fingerprint density at radius 1 is 0.657 bits per heavy atom. The number of aromatic nitrogens is 2. The lowest BCUT2D eigenvalue weighted by molar-refractivity contribution is 0.574. The zero-order valence-corrected chi connectivity index (χ0v) is 19.5. The summed E-state index contributed by atoms with van der Waals surface area (Å²) in [5.74, 6) is 0. The van der Waals surface area contributed by atoms with Crippen LogP contribution in [0.3, 0.4) is 0 Å². The highest BCUT2D eigenvalue weighted by atomic mass is 16.4. The number of nitrogens with zero attached hydrogens (tertiary/aromatic N) is 2. The maximum absolute atomic E-state index is 6.32. The molecule has 3 heteroatoms. The molecule has 0 radical (unpaired) electrons. The Labute approximate surface area is 202 Å². The summed E-state index contributed by atoms with van der Waals surface area (Å²) < 4.78 is 8.52. The van der Waals surface area contributed by atoms with Gasteiger partial charge in [-0.25, -0.2) is 0 Å². The molecule has 1 aliphatic rings. The third-order valence-corrected chi connectivity index (χ3v) is 7.81. The second-order valence-electron chi connectivity index (χ2n) is 10.1. The summed E-state index contributed by atoms with van der Waals surface area (Å²) in [6.07, 6.45) is 0. The van der Waals surface area contributed by atoms with Crippen molar-refractivity contribution in [1.29, 1.82) is 0 Å². The van der Waals surface area contributed by atoms with Crippen LogP contribution in [0.5, 0.6) is 0 Å². The fourth-order valence-electron chi connectivity index (χ4n) is 6.06.